The SMILES string of the molecule is CS(=O)(=O)c1cnc(NCCNc2ccc([N+](=O)[O-])cn2)nc1-c1ccccc1C#N. The second kappa shape index (κ2) is 9.14. The van der Waals surface area contributed by atoms with Crippen LogP contribution in [-0.2, 0) is 9.84 Å². The van der Waals surface area contributed by atoms with Gasteiger partial charge in [-0.05, 0) is 12.1 Å². The second-order valence-corrected chi connectivity index (χ2v) is 8.33. The van der Waals surface area contributed by atoms with Gasteiger partial charge in [0, 0.05) is 31.0 Å². The minimum absolute atomic E-state index is 0.0750. The lowest BCUT2D eigenvalue weighted by atomic mass is 10.1. The summed E-state index contributed by atoms with van der Waals surface area (Å²) in [6.07, 6.45) is 3.42. The van der Waals surface area contributed by atoms with Crippen molar-refractivity contribution < 1.29 is 13.3 Å². The Morgan fingerprint density at radius 1 is 1.10 bits per heavy atom. The highest BCUT2D eigenvalue weighted by Gasteiger charge is 2.20. The summed E-state index contributed by atoms with van der Waals surface area (Å²) in [6.45, 7) is 0.752. The molecule has 0 aliphatic heterocycles. The van der Waals surface area contributed by atoms with Crippen molar-refractivity contribution in [1.29, 1.82) is 5.26 Å². The van der Waals surface area contributed by atoms with Crippen LogP contribution in [-0.4, -0.2) is 47.6 Å². The van der Waals surface area contributed by atoms with Gasteiger partial charge in [0.25, 0.3) is 5.69 Å². The second-order valence-electron chi connectivity index (χ2n) is 6.35. The number of aromatic nitrogens is 3. The average molecular weight is 439 g/mol. The molecular weight excluding hydrogens is 422 g/mol. The van der Waals surface area contributed by atoms with Crippen LogP contribution in [0.3, 0.4) is 0 Å². The predicted molar refractivity (Wildman–Crippen MR) is 113 cm³/mol. The van der Waals surface area contributed by atoms with E-state index in [1.807, 2.05) is 6.07 Å². The minimum Gasteiger partial charge on any atom is -0.368 e. The summed E-state index contributed by atoms with van der Waals surface area (Å²) in [5.74, 6) is 0.651. The van der Waals surface area contributed by atoms with Crippen LogP contribution in [0.2, 0.25) is 0 Å². The highest BCUT2D eigenvalue weighted by Crippen LogP contribution is 2.28. The molecule has 158 valence electrons. The number of rotatable bonds is 8. The number of hydrogen-bond donors (Lipinski definition) is 2. The Hall–Kier alpha value is -4.11. The largest absolute Gasteiger partial charge is 0.368 e. The minimum atomic E-state index is -3.62. The van der Waals surface area contributed by atoms with E-state index in [1.165, 1.54) is 18.3 Å². The predicted octanol–water partition coefficient (Wildman–Crippen LogP) is 2.25. The molecule has 2 aromatic heterocycles. The van der Waals surface area contributed by atoms with E-state index in [-0.39, 0.29) is 22.2 Å². The van der Waals surface area contributed by atoms with Gasteiger partial charge in [0.2, 0.25) is 5.95 Å². The Balaban J connectivity index is 1.75. The topological polar surface area (TPSA) is 164 Å². The fraction of sp³-hybridized carbons (Fsp3) is 0.158. The molecule has 0 bridgehead atoms. The first-order chi connectivity index (χ1) is 14.8. The van der Waals surface area contributed by atoms with Gasteiger partial charge in [-0.15, -0.1) is 0 Å². The van der Waals surface area contributed by atoms with Crippen molar-refractivity contribution in [3.8, 4) is 17.3 Å². The van der Waals surface area contributed by atoms with Gasteiger partial charge < -0.3 is 10.6 Å². The number of sulfone groups is 1. The molecule has 0 spiro atoms. The quantitative estimate of drug-likeness (QED) is 0.302. The van der Waals surface area contributed by atoms with Crippen LogP contribution >= 0.6 is 0 Å². The summed E-state index contributed by atoms with van der Waals surface area (Å²) in [4.78, 5) is 22.4. The number of nitrogens with zero attached hydrogens (tertiary/aromatic N) is 5. The summed E-state index contributed by atoms with van der Waals surface area (Å²) < 4.78 is 24.4. The van der Waals surface area contributed by atoms with Crippen LogP contribution in [0.25, 0.3) is 11.3 Å². The van der Waals surface area contributed by atoms with Crippen LogP contribution in [0, 0.1) is 21.4 Å². The molecule has 11 nitrogen and oxygen atoms in total. The molecule has 0 saturated carbocycles. The Morgan fingerprint density at radius 2 is 1.84 bits per heavy atom. The number of nitriles is 1. The molecule has 0 amide bonds. The van der Waals surface area contributed by atoms with Gasteiger partial charge in [0.1, 0.15) is 16.9 Å². The first kappa shape index (κ1) is 21.6. The van der Waals surface area contributed by atoms with E-state index in [4.69, 9.17) is 0 Å². The van der Waals surface area contributed by atoms with E-state index < -0.39 is 14.8 Å². The van der Waals surface area contributed by atoms with Gasteiger partial charge >= 0.3 is 0 Å². The molecule has 0 fully saturated rings. The smallest absolute Gasteiger partial charge is 0.287 e. The van der Waals surface area contributed by atoms with E-state index in [2.05, 4.69) is 25.6 Å². The van der Waals surface area contributed by atoms with Crippen molar-refractivity contribution in [3.05, 3.63) is 64.5 Å². The summed E-state index contributed by atoms with van der Waals surface area (Å²) in [7, 11) is -3.62. The van der Waals surface area contributed by atoms with Crippen LogP contribution < -0.4 is 10.6 Å². The van der Waals surface area contributed by atoms with Crippen LogP contribution in [0.5, 0.6) is 0 Å². The van der Waals surface area contributed by atoms with Gasteiger partial charge in [-0.25, -0.2) is 23.4 Å². The molecular formula is C19H17N7O4S. The van der Waals surface area contributed by atoms with E-state index in [0.717, 1.165) is 12.5 Å². The summed E-state index contributed by atoms with van der Waals surface area (Å²) >= 11 is 0. The third-order valence-corrected chi connectivity index (χ3v) is 5.23. The average Bonchev–Trinajstić information content (AvgIpc) is 2.76. The number of nitro groups is 1. The normalized spacial score (nSPS) is 10.8. The van der Waals surface area contributed by atoms with E-state index in [0.29, 0.717) is 30.0 Å². The Morgan fingerprint density at radius 3 is 2.48 bits per heavy atom. The number of anilines is 2. The van der Waals surface area contributed by atoms with Crippen LogP contribution in [0.4, 0.5) is 17.5 Å². The van der Waals surface area contributed by atoms with Crippen LogP contribution in [0.1, 0.15) is 5.56 Å². The summed E-state index contributed by atoms with van der Waals surface area (Å²) in [5.41, 5.74) is 0.724. The van der Waals surface area contributed by atoms with Crippen molar-refractivity contribution >= 4 is 27.3 Å². The maximum absolute atomic E-state index is 12.2. The zero-order chi connectivity index (χ0) is 22.4. The van der Waals surface area contributed by atoms with E-state index in [1.54, 1.807) is 24.3 Å². The van der Waals surface area contributed by atoms with E-state index in [9.17, 15) is 23.8 Å². The molecule has 0 saturated heterocycles. The fourth-order valence-corrected chi connectivity index (χ4v) is 3.42. The zero-order valence-corrected chi connectivity index (χ0v) is 17.1. The Kier molecular flexibility index (Phi) is 6.37. The lowest BCUT2D eigenvalue weighted by molar-refractivity contribution is -0.385. The third kappa shape index (κ3) is 5.28. The van der Waals surface area contributed by atoms with Crippen molar-refractivity contribution in [2.75, 3.05) is 30.0 Å². The van der Waals surface area contributed by atoms with Gasteiger partial charge in [-0.1, -0.05) is 18.2 Å². The van der Waals surface area contributed by atoms with Crippen molar-refractivity contribution in [3.63, 3.8) is 0 Å². The standard InChI is InChI=1S/C19H17N7O4S/c1-31(29,30)16-12-24-19(25-18(16)15-5-3-2-4-13(15)10-20)22-9-8-21-17-7-6-14(11-23-17)26(27)28/h2-7,11-12H,8-9H2,1H3,(H,21,23)(H,22,24,25). The molecule has 2 N–H and O–H groups in total. The van der Waals surface area contributed by atoms with Crippen molar-refractivity contribution in [2.45, 2.75) is 4.90 Å². The Labute approximate surface area is 177 Å². The molecule has 2 heterocycles. The first-order valence-electron chi connectivity index (χ1n) is 8.94. The van der Waals surface area contributed by atoms with Gasteiger partial charge in [-0.3, -0.25) is 10.1 Å². The summed E-state index contributed by atoms with van der Waals surface area (Å²) in [5, 5.41) is 26.0. The number of hydrogen-bond acceptors (Lipinski definition) is 10. The summed E-state index contributed by atoms with van der Waals surface area (Å²) in [6, 6.07) is 11.5. The molecule has 3 rings (SSSR count). The Bertz CT molecular complexity index is 1250. The lowest BCUT2D eigenvalue weighted by Gasteiger charge is -2.12. The van der Waals surface area contributed by atoms with Gasteiger partial charge in [-0.2, -0.15) is 5.26 Å². The molecule has 1 aromatic carbocycles. The molecule has 0 aliphatic carbocycles. The highest BCUT2D eigenvalue weighted by atomic mass is 32.2. The molecule has 3 aromatic rings. The zero-order valence-electron chi connectivity index (χ0n) is 16.3. The van der Waals surface area contributed by atoms with Crippen molar-refractivity contribution in [2.24, 2.45) is 0 Å². The molecule has 12 heteroatoms. The van der Waals surface area contributed by atoms with E-state index >= 15 is 0 Å². The number of pyridine rings is 1. The molecule has 0 unspecified atom stereocenters. The molecule has 31 heavy (non-hydrogen) atoms. The molecule has 0 atom stereocenters. The van der Waals surface area contributed by atoms with Gasteiger partial charge in [0.05, 0.1) is 28.4 Å². The maximum atomic E-state index is 12.2. The highest BCUT2D eigenvalue weighted by molar-refractivity contribution is 7.90. The monoisotopic (exact) mass is 439 g/mol. The number of nitrogens with one attached hydrogen (secondary N) is 2. The molecule has 0 aliphatic rings. The maximum Gasteiger partial charge on any atom is 0.287 e. The number of benzene rings is 1. The van der Waals surface area contributed by atoms with Gasteiger partial charge in [0.15, 0.2) is 9.84 Å². The lowest BCUT2D eigenvalue weighted by Crippen LogP contribution is -2.16. The fourth-order valence-electron chi connectivity index (χ4n) is 2.67. The molecule has 0 radical (unpaired) electrons. The van der Waals surface area contributed by atoms with Crippen LogP contribution in [0.15, 0.2) is 53.7 Å². The first-order valence-corrected chi connectivity index (χ1v) is 10.8. The van der Waals surface area contributed by atoms with Crippen molar-refractivity contribution in [1.82, 2.24) is 15.0 Å². The third-order valence-electron chi connectivity index (χ3n) is 4.13.